The van der Waals surface area contributed by atoms with Crippen LogP contribution in [0.2, 0.25) is 5.02 Å². The van der Waals surface area contributed by atoms with E-state index in [1.807, 2.05) is 24.3 Å². The predicted molar refractivity (Wildman–Crippen MR) is 95.8 cm³/mol. The highest BCUT2D eigenvalue weighted by Gasteiger charge is 2.18. The smallest absolute Gasteiger partial charge is 0.106 e. The Morgan fingerprint density at radius 3 is 2.38 bits per heavy atom. The van der Waals surface area contributed by atoms with Crippen LogP contribution >= 0.6 is 23.8 Å². The molecule has 0 saturated heterocycles. The van der Waals surface area contributed by atoms with Crippen LogP contribution < -0.4 is 11.1 Å². The quantitative estimate of drug-likeness (QED) is 0.781. The topological polar surface area (TPSA) is 38.0 Å². The van der Waals surface area contributed by atoms with Crippen molar-refractivity contribution in [3.05, 3.63) is 58.6 Å². The minimum absolute atomic E-state index is 0.0411. The van der Waals surface area contributed by atoms with Gasteiger partial charge in [-0.2, -0.15) is 0 Å². The number of hydrogen-bond donors (Lipinski definition) is 2. The lowest BCUT2D eigenvalue weighted by Gasteiger charge is -2.24. The molecule has 0 amide bonds. The number of para-hydroxylation sites is 1. The summed E-state index contributed by atoms with van der Waals surface area (Å²) in [6, 6.07) is 13.7. The van der Waals surface area contributed by atoms with Gasteiger partial charge in [-0.25, -0.2) is 0 Å². The minimum Gasteiger partial charge on any atom is -0.389 e. The zero-order valence-electron chi connectivity index (χ0n) is 12.4. The number of anilines is 2. The Bertz CT molecular complexity index is 675. The molecule has 0 fully saturated rings. The van der Waals surface area contributed by atoms with Crippen molar-refractivity contribution in [1.82, 2.24) is 0 Å². The molecule has 0 saturated carbocycles. The first-order valence-corrected chi connectivity index (χ1v) is 7.53. The van der Waals surface area contributed by atoms with Gasteiger partial charge in [-0.3, -0.25) is 0 Å². The standard InChI is InChI=1S/C17H19ClN2S/c1-17(2,3)13-6-4-5-7-15(13)20-14-9-8-11(18)10-12(14)16(19)21/h4-10,20H,1-3H3,(H2,19,21). The molecule has 2 nitrogen and oxygen atoms in total. The SMILES string of the molecule is CC(C)(C)c1ccccc1Nc1ccc(Cl)cc1C(N)=S. The lowest BCUT2D eigenvalue weighted by atomic mass is 9.85. The summed E-state index contributed by atoms with van der Waals surface area (Å²) in [7, 11) is 0. The summed E-state index contributed by atoms with van der Waals surface area (Å²) in [5, 5.41) is 4.05. The second kappa shape index (κ2) is 6.04. The highest BCUT2D eigenvalue weighted by atomic mass is 35.5. The van der Waals surface area contributed by atoms with Crippen LogP contribution in [0, 0.1) is 0 Å². The first-order valence-electron chi connectivity index (χ1n) is 6.75. The van der Waals surface area contributed by atoms with Crippen molar-refractivity contribution in [2.24, 2.45) is 5.73 Å². The number of nitrogens with two attached hydrogens (primary N) is 1. The van der Waals surface area contributed by atoms with Gasteiger partial charge in [0.25, 0.3) is 0 Å². The molecule has 110 valence electrons. The summed E-state index contributed by atoms with van der Waals surface area (Å²) in [5.41, 5.74) is 9.73. The van der Waals surface area contributed by atoms with Crippen LogP contribution in [0.4, 0.5) is 11.4 Å². The van der Waals surface area contributed by atoms with E-state index < -0.39 is 0 Å². The van der Waals surface area contributed by atoms with Gasteiger partial charge in [0.15, 0.2) is 0 Å². The maximum absolute atomic E-state index is 6.02. The number of benzene rings is 2. The number of hydrogen-bond acceptors (Lipinski definition) is 2. The predicted octanol–water partition coefficient (Wildman–Crippen LogP) is 5.02. The molecular formula is C17H19ClN2S. The van der Waals surface area contributed by atoms with Gasteiger partial charge in [0, 0.05) is 22.0 Å². The van der Waals surface area contributed by atoms with E-state index in [1.165, 1.54) is 5.56 Å². The van der Waals surface area contributed by atoms with E-state index in [9.17, 15) is 0 Å². The molecule has 4 heteroatoms. The fourth-order valence-corrected chi connectivity index (χ4v) is 2.56. The fourth-order valence-electron chi connectivity index (χ4n) is 2.22. The summed E-state index contributed by atoms with van der Waals surface area (Å²) >= 11 is 11.1. The lowest BCUT2D eigenvalue weighted by molar-refractivity contribution is 0.592. The number of thiocarbonyl (C=S) groups is 1. The van der Waals surface area contributed by atoms with E-state index in [0.717, 1.165) is 16.9 Å². The Labute approximate surface area is 136 Å². The normalized spacial score (nSPS) is 11.2. The summed E-state index contributed by atoms with van der Waals surface area (Å²) in [4.78, 5) is 0.327. The monoisotopic (exact) mass is 318 g/mol. The first kappa shape index (κ1) is 15.8. The molecule has 0 radical (unpaired) electrons. The Morgan fingerprint density at radius 2 is 1.76 bits per heavy atom. The molecule has 3 N–H and O–H groups in total. The second-order valence-corrected chi connectivity index (χ2v) is 6.85. The van der Waals surface area contributed by atoms with Gasteiger partial charge in [0.05, 0.1) is 0 Å². The highest BCUT2D eigenvalue weighted by molar-refractivity contribution is 7.80. The van der Waals surface area contributed by atoms with Gasteiger partial charge in [-0.05, 0) is 35.2 Å². The largest absolute Gasteiger partial charge is 0.389 e. The molecule has 0 unspecified atom stereocenters. The molecule has 0 spiro atoms. The van der Waals surface area contributed by atoms with Gasteiger partial charge in [0.2, 0.25) is 0 Å². The second-order valence-electron chi connectivity index (χ2n) is 5.97. The molecule has 0 heterocycles. The molecule has 2 aromatic rings. The van der Waals surface area contributed by atoms with Gasteiger partial charge in [-0.15, -0.1) is 0 Å². The summed E-state index contributed by atoms with van der Waals surface area (Å²) in [6.07, 6.45) is 0. The fraction of sp³-hybridized carbons (Fsp3) is 0.235. The minimum atomic E-state index is 0.0411. The van der Waals surface area contributed by atoms with E-state index in [0.29, 0.717) is 10.0 Å². The van der Waals surface area contributed by atoms with Crippen molar-refractivity contribution in [2.45, 2.75) is 26.2 Å². The van der Waals surface area contributed by atoms with Crippen molar-refractivity contribution in [3.63, 3.8) is 0 Å². The van der Waals surface area contributed by atoms with Crippen molar-refractivity contribution in [3.8, 4) is 0 Å². The molecule has 0 atom stereocenters. The third-order valence-electron chi connectivity index (χ3n) is 3.25. The van der Waals surface area contributed by atoms with Gasteiger partial charge < -0.3 is 11.1 Å². The molecule has 0 aliphatic heterocycles. The first-order chi connectivity index (χ1) is 9.79. The van der Waals surface area contributed by atoms with Crippen molar-refractivity contribution < 1.29 is 0 Å². The Balaban J connectivity index is 2.47. The number of nitrogens with one attached hydrogen (secondary N) is 1. The molecular weight excluding hydrogens is 300 g/mol. The summed E-state index contributed by atoms with van der Waals surface area (Å²) in [5.74, 6) is 0. The van der Waals surface area contributed by atoms with E-state index in [2.05, 4.69) is 38.2 Å². The average molecular weight is 319 g/mol. The summed E-state index contributed by atoms with van der Waals surface area (Å²) in [6.45, 7) is 6.55. The van der Waals surface area contributed by atoms with Crippen LogP contribution in [0.5, 0.6) is 0 Å². The van der Waals surface area contributed by atoms with Crippen LogP contribution in [-0.2, 0) is 5.41 Å². The van der Waals surface area contributed by atoms with Crippen molar-refractivity contribution in [1.29, 1.82) is 0 Å². The van der Waals surface area contributed by atoms with Crippen LogP contribution in [0.3, 0.4) is 0 Å². The number of halogens is 1. The van der Waals surface area contributed by atoms with Gasteiger partial charge in [0.1, 0.15) is 4.99 Å². The zero-order valence-corrected chi connectivity index (χ0v) is 14.0. The van der Waals surface area contributed by atoms with E-state index in [1.54, 1.807) is 6.07 Å². The summed E-state index contributed by atoms with van der Waals surface area (Å²) < 4.78 is 0. The van der Waals surface area contributed by atoms with E-state index in [4.69, 9.17) is 29.6 Å². The van der Waals surface area contributed by atoms with Crippen molar-refractivity contribution >= 4 is 40.2 Å². The van der Waals surface area contributed by atoms with Gasteiger partial charge in [-0.1, -0.05) is 62.8 Å². The Kier molecular flexibility index (Phi) is 4.55. The molecule has 2 aromatic carbocycles. The third-order valence-corrected chi connectivity index (χ3v) is 3.71. The maximum atomic E-state index is 6.02. The van der Waals surface area contributed by atoms with Crippen molar-refractivity contribution in [2.75, 3.05) is 5.32 Å². The van der Waals surface area contributed by atoms with Crippen LogP contribution in [0.15, 0.2) is 42.5 Å². The zero-order chi connectivity index (χ0) is 15.6. The van der Waals surface area contributed by atoms with Crippen LogP contribution in [0.25, 0.3) is 0 Å². The Morgan fingerprint density at radius 1 is 1.10 bits per heavy atom. The molecule has 0 aromatic heterocycles. The lowest BCUT2D eigenvalue weighted by Crippen LogP contribution is -2.15. The maximum Gasteiger partial charge on any atom is 0.106 e. The van der Waals surface area contributed by atoms with E-state index >= 15 is 0 Å². The number of rotatable bonds is 3. The van der Waals surface area contributed by atoms with Gasteiger partial charge >= 0.3 is 0 Å². The molecule has 21 heavy (non-hydrogen) atoms. The molecule has 0 aliphatic rings. The Hall–Kier alpha value is -1.58. The van der Waals surface area contributed by atoms with E-state index in [-0.39, 0.29) is 5.41 Å². The van der Waals surface area contributed by atoms with Crippen LogP contribution in [0.1, 0.15) is 31.9 Å². The molecule has 2 rings (SSSR count). The average Bonchev–Trinajstić information content (AvgIpc) is 2.40. The third kappa shape index (κ3) is 3.74. The highest BCUT2D eigenvalue weighted by Crippen LogP contribution is 2.32. The molecule has 0 bridgehead atoms. The van der Waals surface area contributed by atoms with Crippen LogP contribution in [-0.4, -0.2) is 4.99 Å². The molecule has 0 aliphatic carbocycles.